The molecular formula is C11H12BrN3O5. The first kappa shape index (κ1) is 15.9. The third kappa shape index (κ3) is 4.19. The summed E-state index contributed by atoms with van der Waals surface area (Å²) in [6.45, 7) is 1.61. The molecule has 2 amide bonds. The van der Waals surface area contributed by atoms with Crippen molar-refractivity contribution in [1.82, 2.24) is 5.32 Å². The number of carboxylic acids is 1. The number of hydrogen-bond donors (Lipinski definition) is 3. The molecule has 1 aromatic rings. The second-order valence-electron chi connectivity index (χ2n) is 3.82. The molecule has 0 unspecified atom stereocenters. The van der Waals surface area contributed by atoms with Crippen molar-refractivity contribution in [2.24, 2.45) is 0 Å². The summed E-state index contributed by atoms with van der Waals surface area (Å²) in [7, 11) is 0. The van der Waals surface area contributed by atoms with Crippen LogP contribution in [0.4, 0.5) is 16.2 Å². The van der Waals surface area contributed by atoms with Gasteiger partial charge < -0.3 is 15.7 Å². The second-order valence-corrected chi connectivity index (χ2v) is 4.68. The fourth-order valence-corrected chi connectivity index (χ4v) is 1.79. The molecule has 0 spiro atoms. The lowest BCUT2D eigenvalue weighted by Gasteiger charge is -2.13. The SMILES string of the molecule is CC[C@H](NC(=O)Nc1ccc(Br)c([N+](=O)[O-])c1)C(=O)O. The van der Waals surface area contributed by atoms with Crippen LogP contribution in [0.5, 0.6) is 0 Å². The van der Waals surface area contributed by atoms with Gasteiger partial charge in [-0.25, -0.2) is 9.59 Å². The molecule has 1 aromatic carbocycles. The summed E-state index contributed by atoms with van der Waals surface area (Å²) in [5.41, 5.74) is -0.00859. The molecule has 0 aliphatic heterocycles. The van der Waals surface area contributed by atoms with Crippen molar-refractivity contribution in [3.8, 4) is 0 Å². The van der Waals surface area contributed by atoms with Gasteiger partial charge in [-0.3, -0.25) is 10.1 Å². The maximum Gasteiger partial charge on any atom is 0.326 e. The van der Waals surface area contributed by atoms with Crippen molar-refractivity contribution in [3.05, 3.63) is 32.8 Å². The van der Waals surface area contributed by atoms with Crippen molar-refractivity contribution in [2.45, 2.75) is 19.4 Å². The maximum absolute atomic E-state index is 11.6. The molecule has 0 fully saturated rings. The van der Waals surface area contributed by atoms with E-state index in [9.17, 15) is 19.7 Å². The number of nitrogens with one attached hydrogen (secondary N) is 2. The van der Waals surface area contributed by atoms with Gasteiger partial charge in [0.1, 0.15) is 6.04 Å². The van der Waals surface area contributed by atoms with E-state index in [0.717, 1.165) is 0 Å². The maximum atomic E-state index is 11.6. The Hall–Kier alpha value is -2.16. The summed E-state index contributed by atoms with van der Waals surface area (Å²) in [6.07, 6.45) is 0.225. The molecule has 20 heavy (non-hydrogen) atoms. The minimum Gasteiger partial charge on any atom is -0.480 e. The Balaban J connectivity index is 2.78. The number of nitro benzene ring substituents is 1. The average molecular weight is 346 g/mol. The van der Waals surface area contributed by atoms with Crippen LogP contribution in [-0.2, 0) is 4.79 Å². The summed E-state index contributed by atoms with van der Waals surface area (Å²) < 4.78 is 0.283. The van der Waals surface area contributed by atoms with E-state index >= 15 is 0 Å². The molecule has 1 atom stereocenters. The van der Waals surface area contributed by atoms with Crippen molar-refractivity contribution in [1.29, 1.82) is 0 Å². The lowest BCUT2D eigenvalue weighted by molar-refractivity contribution is -0.385. The number of aliphatic carboxylic acids is 1. The first-order chi connectivity index (χ1) is 9.35. The van der Waals surface area contributed by atoms with E-state index in [0.29, 0.717) is 0 Å². The number of rotatable bonds is 5. The van der Waals surface area contributed by atoms with E-state index in [1.807, 2.05) is 0 Å². The largest absolute Gasteiger partial charge is 0.480 e. The van der Waals surface area contributed by atoms with Gasteiger partial charge in [0, 0.05) is 11.8 Å². The predicted octanol–water partition coefficient (Wildman–Crippen LogP) is 2.34. The second kappa shape index (κ2) is 6.85. The summed E-state index contributed by atoms with van der Waals surface area (Å²) in [5, 5.41) is 24.1. The number of hydrogen-bond acceptors (Lipinski definition) is 4. The Labute approximate surface area is 122 Å². The topological polar surface area (TPSA) is 122 Å². The van der Waals surface area contributed by atoms with E-state index < -0.39 is 23.0 Å². The molecule has 108 valence electrons. The zero-order valence-electron chi connectivity index (χ0n) is 10.4. The number of carbonyl (C=O) groups excluding carboxylic acids is 1. The fourth-order valence-electron chi connectivity index (χ4n) is 1.39. The Morgan fingerprint density at radius 1 is 1.50 bits per heavy atom. The quantitative estimate of drug-likeness (QED) is 0.558. The molecule has 9 heteroatoms. The first-order valence-electron chi connectivity index (χ1n) is 5.59. The summed E-state index contributed by atoms with van der Waals surface area (Å²) in [4.78, 5) is 32.5. The molecule has 3 N–H and O–H groups in total. The van der Waals surface area contributed by atoms with Crippen molar-refractivity contribution < 1.29 is 19.6 Å². The van der Waals surface area contributed by atoms with Crippen LogP contribution in [0.2, 0.25) is 0 Å². The molecule has 0 aliphatic carbocycles. The van der Waals surface area contributed by atoms with Gasteiger partial charge in [0.2, 0.25) is 0 Å². The van der Waals surface area contributed by atoms with Crippen LogP contribution in [0.1, 0.15) is 13.3 Å². The number of nitrogens with zero attached hydrogens (tertiary/aromatic N) is 1. The number of urea groups is 1. The molecule has 0 bridgehead atoms. The van der Waals surface area contributed by atoms with Crippen LogP contribution in [0.3, 0.4) is 0 Å². The smallest absolute Gasteiger partial charge is 0.326 e. The molecule has 8 nitrogen and oxygen atoms in total. The van der Waals surface area contributed by atoms with Gasteiger partial charge in [-0.1, -0.05) is 6.92 Å². The molecule has 0 aliphatic rings. The third-order valence-electron chi connectivity index (χ3n) is 2.41. The summed E-state index contributed by atoms with van der Waals surface area (Å²) in [6, 6.07) is 2.29. The Bertz CT molecular complexity index is 549. The summed E-state index contributed by atoms with van der Waals surface area (Å²) >= 11 is 3.02. The number of carbonyl (C=O) groups is 2. The number of carboxylic acid groups (broad SMARTS) is 1. The van der Waals surface area contributed by atoms with Crippen LogP contribution in [-0.4, -0.2) is 28.1 Å². The van der Waals surface area contributed by atoms with Gasteiger partial charge in [-0.2, -0.15) is 0 Å². The first-order valence-corrected chi connectivity index (χ1v) is 6.38. The average Bonchev–Trinajstić information content (AvgIpc) is 2.37. The number of halogens is 1. The van der Waals surface area contributed by atoms with Gasteiger partial charge in [0.15, 0.2) is 0 Å². The number of nitro groups is 1. The van der Waals surface area contributed by atoms with Gasteiger partial charge in [0.05, 0.1) is 9.40 Å². The molecule has 0 saturated heterocycles. The van der Waals surface area contributed by atoms with E-state index in [4.69, 9.17) is 5.11 Å². The van der Waals surface area contributed by atoms with Crippen LogP contribution in [0, 0.1) is 10.1 Å². The number of benzene rings is 1. The summed E-state index contributed by atoms with van der Waals surface area (Å²) in [5.74, 6) is -1.15. The highest BCUT2D eigenvalue weighted by atomic mass is 79.9. The molecular weight excluding hydrogens is 334 g/mol. The zero-order valence-corrected chi connectivity index (χ0v) is 12.0. The van der Waals surface area contributed by atoms with Crippen LogP contribution < -0.4 is 10.6 Å². The zero-order chi connectivity index (χ0) is 15.3. The van der Waals surface area contributed by atoms with Crippen molar-refractivity contribution in [2.75, 3.05) is 5.32 Å². The minimum absolute atomic E-state index is 0.192. The highest BCUT2D eigenvalue weighted by molar-refractivity contribution is 9.10. The van der Waals surface area contributed by atoms with E-state index in [1.54, 1.807) is 6.92 Å². The van der Waals surface area contributed by atoms with E-state index in [2.05, 4.69) is 26.6 Å². The standard InChI is InChI=1S/C11H12BrN3O5/c1-2-8(10(16)17)14-11(18)13-6-3-4-7(12)9(5-6)15(19)20/h3-5,8H,2H2,1H3,(H,16,17)(H2,13,14,18)/t8-/m0/s1. The Morgan fingerprint density at radius 2 is 2.15 bits per heavy atom. The molecule has 0 heterocycles. The van der Waals surface area contributed by atoms with E-state index in [1.165, 1.54) is 18.2 Å². The third-order valence-corrected chi connectivity index (χ3v) is 3.08. The number of amides is 2. The minimum atomic E-state index is -1.15. The Morgan fingerprint density at radius 3 is 2.65 bits per heavy atom. The fraction of sp³-hybridized carbons (Fsp3) is 0.273. The molecule has 0 radical (unpaired) electrons. The monoisotopic (exact) mass is 345 g/mol. The Kier molecular flexibility index (Phi) is 5.44. The lowest BCUT2D eigenvalue weighted by Crippen LogP contribution is -2.42. The normalized spacial score (nSPS) is 11.5. The van der Waals surface area contributed by atoms with Gasteiger partial charge in [0.25, 0.3) is 5.69 Å². The highest BCUT2D eigenvalue weighted by Crippen LogP contribution is 2.27. The number of anilines is 1. The van der Waals surface area contributed by atoms with Crippen LogP contribution in [0.25, 0.3) is 0 Å². The highest BCUT2D eigenvalue weighted by Gasteiger charge is 2.18. The van der Waals surface area contributed by atoms with Crippen molar-refractivity contribution >= 4 is 39.3 Å². The van der Waals surface area contributed by atoms with E-state index in [-0.39, 0.29) is 22.3 Å². The predicted molar refractivity (Wildman–Crippen MR) is 74.7 cm³/mol. The molecule has 0 saturated carbocycles. The van der Waals surface area contributed by atoms with Crippen LogP contribution in [0.15, 0.2) is 22.7 Å². The van der Waals surface area contributed by atoms with Crippen LogP contribution >= 0.6 is 15.9 Å². The lowest BCUT2D eigenvalue weighted by atomic mass is 10.2. The van der Waals surface area contributed by atoms with Crippen molar-refractivity contribution in [3.63, 3.8) is 0 Å². The van der Waals surface area contributed by atoms with Gasteiger partial charge >= 0.3 is 12.0 Å². The van der Waals surface area contributed by atoms with Gasteiger partial charge in [-0.05, 0) is 34.5 Å². The molecule has 1 rings (SSSR count). The molecule has 0 aromatic heterocycles. The van der Waals surface area contributed by atoms with Gasteiger partial charge in [-0.15, -0.1) is 0 Å².